The molecule has 0 aromatic carbocycles. The molecule has 0 aliphatic heterocycles. The Labute approximate surface area is 110 Å². The van der Waals surface area contributed by atoms with Gasteiger partial charge in [-0.25, -0.2) is 4.98 Å². The van der Waals surface area contributed by atoms with E-state index < -0.39 is 0 Å². The standard InChI is InChI=1S/C13H18BrN3/c1-9(2)17(3)5-4-10-7-15-13-12(10)6-11(14)8-16-13/h6-9H,4-5H2,1-3H3,(H,15,16). The third kappa shape index (κ3) is 2.87. The molecule has 0 aliphatic rings. The summed E-state index contributed by atoms with van der Waals surface area (Å²) in [6.07, 6.45) is 4.94. The average Bonchev–Trinajstić information content (AvgIpc) is 2.68. The fourth-order valence-corrected chi connectivity index (χ4v) is 2.13. The largest absolute Gasteiger partial charge is 0.346 e. The lowest BCUT2D eigenvalue weighted by atomic mass is 10.1. The molecule has 17 heavy (non-hydrogen) atoms. The van der Waals surface area contributed by atoms with Crippen LogP contribution in [0.15, 0.2) is 22.9 Å². The van der Waals surface area contributed by atoms with Crippen LogP contribution in [0.4, 0.5) is 0 Å². The maximum atomic E-state index is 4.35. The summed E-state index contributed by atoms with van der Waals surface area (Å²) in [5, 5.41) is 1.22. The average molecular weight is 296 g/mol. The topological polar surface area (TPSA) is 31.9 Å². The summed E-state index contributed by atoms with van der Waals surface area (Å²) in [4.78, 5) is 9.92. The SMILES string of the molecule is CC(C)N(C)CCc1c[nH]c2ncc(Br)cc12. The first-order chi connectivity index (χ1) is 8.08. The molecule has 2 rings (SSSR count). The third-order valence-electron chi connectivity index (χ3n) is 3.20. The summed E-state index contributed by atoms with van der Waals surface area (Å²) in [5.41, 5.74) is 2.30. The Balaban J connectivity index is 2.16. The minimum Gasteiger partial charge on any atom is -0.346 e. The minimum absolute atomic E-state index is 0.588. The number of hydrogen-bond acceptors (Lipinski definition) is 2. The lowest BCUT2D eigenvalue weighted by Gasteiger charge is -2.20. The van der Waals surface area contributed by atoms with Crippen molar-refractivity contribution in [2.75, 3.05) is 13.6 Å². The minimum atomic E-state index is 0.588. The van der Waals surface area contributed by atoms with E-state index >= 15 is 0 Å². The number of likely N-dealkylation sites (N-methyl/N-ethyl adjacent to an activating group) is 1. The van der Waals surface area contributed by atoms with Gasteiger partial charge in [0, 0.05) is 34.8 Å². The number of fused-ring (bicyclic) bond motifs is 1. The van der Waals surface area contributed by atoms with Crippen molar-refractivity contribution in [2.45, 2.75) is 26.3 Å². The van der Waals surface area contributed by atoms with Gasteiger partial charge in [-0.2, -0.15) is 0 Å². The summed E-state index contributed by atoms with van der Waals surface area (Å²) in [5.74, 6) is 0. The number of hydrogen-bond donors (Lipinski definition) is 1. The van der Waals surface area contributed by atoms with Gasteiger partial charge in [-0.3, -0.25) is 0 Å². The maximum Gasteiger partial charge on any atom is 0.137 e. The molecule has 3 nitrogen and oxygen atoms in total. The van der Waals surface area contributed by atoms with Gasteiger partial charge in [0.05, 0.1) is 0 Å². The second-order valence-electron chi connectivity index (χ2n) is 4.69. The van der Waals surface area contributed by atoms with Crippen LogP contribution >= 0.6 is 15.9 Å². The maximum absolute atomic E-state index is 4.35. The Kier molecular flexibility index (Phi) is 3.84. The van der Waals surface area contributed by atoms with E-state index in [-0.39, 0.29) is 0 Å². The lowest BCUT2D eigenvalue weighted by molar-refractivity contribution is 0.278. The monoisotopic (exact) mass is 295 g/mol. The van der Waals surface area contributed by atoms with Crippen LogP contribution < -0.4 is 0 Å². The predicted octanol–water partition coefficient (Wildman–Crippen LogP) is 3.21. The first-order valence-electron chi connectivity index (χ1n) is 5.89. The molecule has 0 saturated carbocycles. The molecule has 2 aromatic rings. The molecular formula is C13H18BrN3. The summed E-state index contributed by atoms with van der Waals surface area (Å²) in [6.45, 7) is 5.50. The number of H-pyrrole nitrogens is 1. The first kappa shape index (κ1) is 12.6. The van der Waals surface area contributed by atoms with Crippen LogP contribution in [0.2, 0.25) is 0 Å². The Bertz CT molecular complexity index is 504. The van der Waals surface area contributed by atoms with Crippen molar-refractivity contribution < 1.29 is 0 Å². The lowest BCUT2D eigenvalue weighted by Crippen LogP contribution is -2.28. The van der Waals surface area contributed by atoms with Crippen LogP contribution in [0, 0.1) is 0 Å². The van der Waals surface area contributed by atoms with Crippen molar-refractivity contribution in [3.63, 3.8) is 0 Å². The van der Waals surface area contributed by atoms with Crippen LogP contribution in [0.25, 0.3) is 11.0 Å². The number of rotatable bonds is 4. The first-order valence-corrected chi connectivity index (χ1v) is 6.69. The Morgan fingerprint density at radius 2 is 2.24 bits per heavy atom. The van der Waals surface area contributed by atoms with Crippen molar-refractivity contribution in [2.24, 2.45) is 0 Å². The summed E-state index contributed by atoms with van der Waals surface area (Å²) in [6, 6.07) is 2.72. The van der Waals surface area contributed by atoms with Gasteiger partial charge >= 0.3 is 0 Å². The number of nitrogens with one attached hydrogen (secondary N) is 1. The fraction of sp³-hybridized carbons (Fsp3) is 0.462. The van der Waals surface area contributed by atoms with E-state index in [9.17, 15) is 0 Å². The Hall–Kier alpha value is -0.870. The molecule has 2 heterocycles. The van der Waals surface area contributed by atoms with Gasteiger partial charge < -0.3 is 9.88 Å². The van der Waals surface area contributed by atoms with Gasteiger partial charge in [0.25, 0.3) is 0 Å². The van der Waals surface area contributed by atoms with Gasteiger partial charge in [0.15, 0.2) is 0 Å². The van der Waals surface area contributed by atoms with Gasteiger partial charge in [-0.1, -0.05) is 0 Å². The molecule has 4 heteroatoms. The zero-order valence-electron chi connectivity index (χ0n) is 10.5. The highest BCUT2D eigenvalue weighted by molar-refractivity contribution is 9.10. The number of nitrogens with zero attached hydrogens (tertiary/aromatic N) is 2. The Morgan fingerprint density at radius 1 is 1.47 bits per heavy atom. The van der Waals surface area contributed by atoms with E-state index in [1.54, 1.807) is 0 Å². The molecule has 2 aromatic heterocycles. The van der Waals surface area contributed by atoms with Crippen LogP contribution in [-0.4, -0.2) is 34.5 Å². The second-order valence-corrected chi connectivity index (χ2v) is 5.60. The zero-order valence-corrected chi connectivity index (χ0v) is 12.1. The zero-order chi connectivity index (χ0) is 12.4. The van der Waals surface area contributed by atoms with Crippen LogP contribution in [0.1, 0.15) is 19.4 Å². The molecule has 0 bridgehead atoms. The van der Waals surface area contributed by atoms with E-state index in [1.165, 1.54) is 10.9 Å². The van der Waals surface area contributed by atoms with Gasteiger partial charge in [0.2, 0.25) is 0 Å². The predicted molar refractivity (Wildman–Crippen MR) is 75.3 cm³/mol. The molecule has 0 unspecified atom stereocenters. The van der Waals surface area contributed by atoms with Crippen LogP contribution in [-0.2, 0) is 6.42 Å². The molecule has 92 valence electrons. The second kappa shape index (κ2) is 5.19. The molecule has 0 amide bonds. The van der Waals surface area contributed by atoms with E-state index in [1.807, 2.05) is 6.20 Å². The van der Waals surface area contributed by atoms with Gasteiger partial charge in [0.1, 0.15) is 5.65 Å². The molecule has 0 spiro atoms. The van der Waals surface area contributed by atoms with Crippen molar-refractivity contribution in [1.29, 1.82) is 0 Å². The van der Waals surface area contributed by atoms with Gasteiger partial charge in [-0.15, -0.1) is 0 Å². The third-order valence-corrected chi connectivity index (χ3v) is 3.63. The fourth-order valence-electron chi connectivity index (χ4n) is 1.79. The molecule has 0 saturated heterocycles. The highest BCUT2D eigenvalue weighted by atomic mass is 79.9. The number of pyridine rings is 1. The molecule has 0 fully saturated rings. The summed E-state index contributed by atoms with van der Waals surface area (Å²) >= 11 is 3.47. The summed E-state index contributed by atoms with van der Waals surface area (Å²) in [7, 11) is 2.16. The molecule has 0 radical (unpaired) electrons. The number of halogens is 1. The van der Waals surface area contributed by atoms with E-state index in [0.717, 1.165) is 23.1 Å². The van der Waals surface area contributed by atoms with Crippen molar-refractivity contribution in [3.8, 4) is 0 Å². The molecule has 1 N–H and O–H groups in total. The summed E-state index contributed by atoms with van der Waals surface area (Å²) < 4.78 is 1.03. The van der Waals surface area contributed by atoms with Crippen molar-refractivity contribution >= 4 is 27.0 Å². The smallest absolute Gasteiger partial charge is 0.137 e. The van der Waals surface area contributed by atoms with Crippen LogP contribution in [0.3, 0.4) is 0 Å². The number of aromatic amines is 1. The molecule has 0 atom stereocenters. The van der Waals surface area contributed by atoms with E-state index in [0.29, 0.717) is 6.04 Å². The Morgan fingerprint density at radius 3 is 2.94 bits per heavy atom. The number of aromatic nitrogens is 2. The molecule has 0 aliphatic carbocycles. The highest BCUT2D eigenvalue weighted by Crippen LogP contribution is 2.21. The quantitative estimate of drug-likeness (QED) is 0.939. The van der Waals surface area contributed by atoms with E-state index in [4.69, 9.17) is 0 Å². The normalized spacial score (nSPS) is 11.9. The van der Waals surface area contributed by atoms with Crippen molar-refractivity contribution in [1.82, 2.24) is 14.9 Å². The van der Waals surface area contributed by atoms with E-state index in [2.05, 4.69) is 64.0 Å². The van der Waals surface area contributed by atoms with Gasteiger partial charge in [-0.05, 0) is 54.9 Å². The highest BCUT2D eigenvalue weighted by Gasteiger charge is 2.08. The van der Waals surface area contributed by atoms with Crippen LogP contribution in [0.5, 0.6) is 0 Å². The van der Waals surface area contributed by atoms with Crippen molar-refractivity contribution in [3.05, 3.63) is 28.5 Å². The molecular weight excluding hydrogens is 278 g/mol.